The standard InChI is InChI=1S/C26H33N3O2/c1-19-9-3-4-13-24(19)26(31)29-16-8-10-21(20(29)2)17-25(30)27-22-11-7-12-23(18-22)28-14-5-6-15-28/h3-4,7,9,11-13,18,20-21H,5-6,8,10,14-17H2,1-2H3,(H,27,30)/t20-,21?/m0/s1. The highest BCUT2D eigenvalue weighted by Gasteiger charge is 2.33. The zero-order valence-corrected chi connectivity index (χ0v) is 18.6. The third-order valence-corrected chi connectivity index (χ3v) is 6.83. The maximum absolute atomic E-state index is 13.1. The van der Waals surface area contributed by atoms with E-state index in [4.69, 9.17) is 0 Å². The molecule has 31 heavy (non-hydrogen) atoms. The van der Waals surface area contributed by atoms with E-state index < -0.39 is 0 Å². The van der Waals surface area contributed by atoms with Crippen molar-refractivity contribution >= 4 is 23.2 Å². The van der Waals surface area contributed by atoms with Gasteiger partial charge in [-0.15, -0.1) is 0 Å². The van der Waals surface area contributed by atoms with E-state index in [0.717, 1.165) is 49.3 Å². The molecule has 164 valence electrons. The number of nitrogens with one attached hydrogen (secondary N) is 1. The molecule has 0 radical (unpaired) electrons. The Balaban J connectivity index is 1.38. The third-order valence-electron chi connectivity index (χ3n) is 6.83. The second-order valence-electron chi connectivity index (χ2n) is 8.95. The fourth-order valence-electron chi connectivity index (χ4n) is 4.96. The highest BCUT2D eigenvalue weighted by molar-refractivity contribution is 5.96. The predicted octanol–water partition coefficient (Wildman–Crippen LogP) is 4.86. The molecule has 1 unspecified atom stereocenters. The number of piperidine rings is 1. The molecule has 2 aliphatic rings. The number of rotatable bonds is 5. The first-order chi connectivity index (χ1) is 15.0. The molecule has 5 heteroatoms. The van der Waals surface area contributed by atoms with Crippen molar-refractivity contribution in [1.82, 2.24) is 4.90 Å². The van der Waals surface area contributed by atoms with Crippen LogP contribution in [0.2, 0.25) is 0 Å². The second kappa shape index (κ2) is 9.54. The van der Waals surface area contributed by atoms with Gasteiger partial charge < -0.3 is 15.1 Å². The van der Waals surface area contributed by atoms with Gasteiger partial charge in [-0.05, 0) is 75.3 Å². The number of benzene rings is 2. The lowest BCUT2D eigenvalue weighted by molar-refractivity contribution is -0.117. The zero-order valence-electron chi connectivity index (χ0n) is 18.6. The molecule has 2 heterocycles. The van der Waals surface area contributed by atoms with E-state index in [0.29, 0.717) is 6.42 Å². The van der Waals surface area contributed by atoms with Crippen LogP contribution in [0.5, 0.6) is 0 Å². The first-order valence-corrected chi connectivity index (χ1v) is 11.5. The van der Waals surface area contributed by atoms with Crippen LogP contribution in [0.4, 0.5) is 11.4 Å². The van der Waals surface area contributed by atoms with Crippen molar-refractivity contribution in [1.29, 1.82) is 0 Å². The number of anilines is 2. The molecule has 2 fully saturated rings. The minimum Gasteiger partial charge on any atom is -0.371 e. The number of carbonyl (C=O) groups is 2. The molecule has 1 N–H and O–H groups in total. The summed E-state index contributed by atoms with van der Waals surface area (Å²) in [6.45, 7) is 6.98. The SMILES string of the molecule is Cc1ccccc1C(=O)N1CCCC(CC(=O)Nc2cccc(N3CCCC3)c2)[C@@H]1C. The Hall–Kier alpha value is -2.82. The molecule has 0 aromatic heterocycles. The average Bonchev–Trinajstić information content (AvgIpc) is 3.30. The fraction of sp³-hybridized carbons (Fsp3) is 0.462. The van der Waals surface area contributed by atoms with Gasteiger partial charge in [-0.25, -0.2) is 0 Å². The number of carbonyl (C=O) groups excluding carboxylic acids is 2. The van der Waals surface area contributed by atoms with Crippen molar-refractivity contribution in [3.8, 4) is 0 Å². The molecule has 4 rings (SSSR count). The molecule has 2 saturated heterocycles. The van der Waals surface area contributed by atoms with Gasteiger partial charge in [0.1, 0.15) is 0 Å². The monoisotopic (exact) mass is 419 g/mol. The Morgan fingerprint density at radius 2 is 1.77 bits per heavy atom. The van der Waals surface area contributed by atoms with Gasteiger partial charge in [0.15, 0.2) is 0 Å². The van der Waals surface area contributed by atoms with Crippen LogP contribution in [-0.2, 0) is 4.79 Å². The molecule has 2 aromatic carbocycles. The topological polar surface area (TPSA) is 52.7 Å². The van der Waals surface area contributed by atoms with Crippen LogP contribution < -0.4 is 10.2 Å². The first kappa shape index (κ1) is 21.4. The molecule has 0 spiro atoms. The summed E-state index contributed by atoms with van der Waals surface area (Å²) in [6.07, 6.45) is 4.80. The van der Waals surface area contributed by atoms with Crippen molar-refractivity contribution in [3.05, 3.63) is 59.7 Å². The van der Waals surface area contributed by atoms with E-state index in [-0.39, 0.29) is 23.8 Å². The minimum absolute atomic E-state index is 0.0283. The molecule has 2 aliphatic heterocycles. The van der Waals surface area contributed by atoms with Crippen molar-refractivity contribution in [2.45, 2.75) is 52.0 Å². The second-order valence-corrected chi connectivity index (χ2v) is 8.95. The summed E-state index contributed by atoms with van der Waals surface area (Å²) in [5.74, 6) is 0.276. The van der Waals surface area contributed by atoms with Gasteiger partial charge in [0.25, 0.3) is 5.91 Å². The van der Waals surface area contributed by atoms with E-state index in [9.17, 15) is 9.59 Å². The van der Waals surface area contributed by atoms with E-state index in [2.05, 4.69) is 29.3 Å². The molecule has 2 amide bonds. The van der Waals surface area contributed by atoms with Gasteiger partial charge in [0.05, 0.1) is 0 Å². The summed E-state index contributed by atoms with van der Waals surface area (Å²) in [5, 5.41) is 3.09. The lowest BCUT2D eigenvalue weighted by Gasteiger charge is -2.39. The molecule has 2 atom stereocenters. The Kier molecular flexibility index (Phi) is 6.59. The smallest absolute Gasteiger partial charge is 0.254 e. The van der Waals surface area contributed by atoms with E-state index >= 15 is 0 Å². The van der Waals surface area contributed by atoms with Gasteiger partial charge in [-0.3, -0.25) is 9.59 Å². The molecule has 0 aliphatic carbocycles. The number of hydrogen-bond acceptors (Lipinski definition) is 3. The summed E-state index contributed by atoms with van der Waals surface area (Å²) >= 11 is 0. The van der Waals surface area contributed by atoms with Crippen LogP contribution in [-0.4, -0.2) is 42.4 Å². The first-order valence-electron chi connectivity index (χ1n) is 11.5. The summed E-state index contributed by atoms with van der Waals surface area (Å²) in [5.41, 5.74) is 3.79. The van der Waals surface area contributed by atoms with Crippen LogP contribution in [0.15, 0.2) is 48.5 Å². The quantitative estimate of drug-likeness (QED) is 0.753. The zero-order chi connectivity index (χ0) is 21.8. The van der Waals surface area contributed by atoms with Crippen LogP contribution in [0.3, 0.4) is 0 Å². The van der Waals surface area contributed by atoms with Crippen molar-refractivity contribution in [3.63, 3.8) is 0 Å². The minimum atomic E-state index is 0.0283. The Labute approximate surface area is 185 Å². The summed E-state index contributed by atoms with van der Waals surface area (Å²) in [4.78, 5) is 30.3. The fourth-order valence-corrected chi connectivity index (χ4v) is 4.96. The lowest BCUT2D eigenvalue weighted by Crippen LogP contribution is -2.47. The Morgan fingerprint density at radius 1 is 1.00 bits per heavy atom. The molecular formula is C26H33N3O2. The van der Waals surface area contributed by atoms with Crippen LogP contribution >= 0.6 is 0 Å². The third kappa shape index (κ3) is 4.92. The molecule has 0 saturated carbocycles. The normalized spacial score (nSPS) is 21.2. The largest absolute Gasteiger partial charge is 0.371 e. The van der Waals surface area contributed by atoms with E-state index in [1.807, 2.05) is 48.2 Å². The lowest BCUT2D eigenvalue weighted by atomic mass is 9.86. The highest BCUT2D eigenvalue weighted by atomic mass is 16.2. The number of aryl methyl sites for hydroxylation is 1. The van der Waals surface area contributed by atoms with Gasteiger partial charge in [0.2, 0.25) is 5.91 Å². The molecule has 2 aromatic rings. The van der Waals surface area contributed by atoms with Crippen molar-refractivity contribution in [2.75, 3.05) is 29.9 Å². The van der Waals surface area contributed by atoms with Crippen molar-refractivity contribution < 1.29 is 9.59 Å². The summed E-state index contributed by atoms with van der Waals surface area (Å²) in [6, 6.07) is 15.9. The summed E-state index contributed by atoms with van der Waals surface area (Å²) < 4.78 is 0. The van der Waals surface area contributed by atoms with Crippen LogP contribution in [0.1, 0.15) is 54.9 Å². The van der Waals surface area contributed by atoms with Gasteiger partial charge in [-0.2, -0.15) is 0 Å². The molecule has 5 nitrogen and oxygen atoms in total. The number of likely N-dealkylation sites (tertiary alicyclic amines) is 1. The molecular weight excluding hydrogens is 386 g/mol. The predicted molar refractivity (Wildman–Crippen MR) is 126 cm³/mol. The number of nitrogens with zero attached hydrogens (tertiary/aromatic N) is 2. The van der Waals surface area contributed by atoms with Crippen LogP contribution in [0.25, 0.3) is 0 Å². The molecule has 0 bridgehead atoms. The number of amides is 2. The van der Waals surface area contributed by atoms with Crippen LogP contribution in [0, 0.1) is 12.8 Å². The number of hydrogen-bond donors (Lipinski definition) is 1. The highest BCUT2D eigenvalue weighted by Crippen LogP contribution is 2.29. The van der Waals surface area contributed by atoms with Gasteiger partial charge in [0, 0.05) is 49.0 Å². The van der Waals surface area contributed by atoms with Crippen molar-refractivity contribution in [2.24, 2.45) is 5.92 Å². The van der Waals surface area contributed by atoms with E-state index in [1.165, 1.54) is 18.5 Å². The maximum atomic E-state index is 13.1. The van der Waals surface area contributed by atoms with Gasteiger partial charge in [-0.1, -0.05) is 24.3 Å². The summed E-state index contributed by atoms with van der Waals surface area (Å²) in [7, 11) is 0. The van der Waals surface area contributed by atoms with E-state index in [1.54, 1.807) is 0 Å². The Bertz CT molecular complexity index is 936. The average molecular weight is 420 g/mol. The maximum Gasteiger partial charge on any atom is 0.254 e. The van der Waals surface area contributed by atoms with Gasteiger partial charge >= 0.3 is 0 Å². The Morgan fingerprint density at radius 3 is 2.55 bits per heavy atom.